The van der Waals surface area contributed by atoms with Gasteiger partial charge in [0.2, 0.25) is 5.91 Å². The summed E-state index contributed by atoms with van der Waals surface area (Å²) < 4.78 is 14.4. The fourth-order valence-corrected chi connectivity index (χ4v) is 4.29. The number of amides is 1. The van der Waals surface area contributed by atoms with Crippen LogP contribution in [-0.2, 0) is 11.2 Å². The lowest BCUT2D eigenvalue weighted by molar-refractivity contribution is -0.118. The monoisotopic (exact) mass is 467 g/mol. The summed E-state index contributed by atoms with van der Waals surface area (Å²) in [6.45, 7) is 0.424. The van der Waals surface area contributed by atoms with Crippen LogP contribution in [0.2, 0.25) is 5.02 Å². The molecule has 0 aliphatic carbocycles. The average molecular weight is 468 g/mol. The van der Waals surface area contributed by atoms with Crippen LogP contribution in [0, 0.1) is 5.82 Å². The Balaban J connectivity index is 1.52. The average Bonchev–Trinajstić information content (AvgIpc) is 2.80. The fraction of sp³-hybridized carbons (Fsp3) is 0.125. The van der Waals surface area contributed by atoms with Crippen molar-refractivity contribution in [2.75, 3.05) is 12.3 Å². The quantitative estimate of drug-likeness (QED) is 0.318. The van der Waals surface area contributed by atoms with Gasteiger partial charge in [-0.25, -0.2) is 9.37 Å². The van der Waals surface area contributed by atoms with Gasteiger partial charge in [0, 0.05) is 6.54 Å². The maximum atomic E-state index is 13.2. The van der Waals surface area contributed by atoms with Crippen molar-refractivity contribution in [3.8, 4) is 5.69 Å². The van der Waals surface area contributed by atoms with Crippen molar-refractivity contribution in [2.24, 2.45) is 0 Å². The Kier molecular flexibility index (Phi) is 6.87. The number of fused-ring (bicyclic) bond motifs is 1. The third kappa shape index (κ3) is 5.00. The van der Waals surface area contributed by atoms with E-state index in [0.717, 1.165) is 5.56 Å². The molecule has 1 amide bonds. The zero-order valence-electron chi connectivity index (χ0n) is 16.9. The summed E-state index contributed by atoms with van der Waals surface area (Å²) in [4.78, 5) is 30.2. The number of benzene rings is 3. The Hall–Kier alpha value is -3.16. The van der Waals surface area contributed by atoms with Gasteiger partial charge in [0.15, 0.2) is 5.16 Å². The summed E-state index contributed by atoms with van der Waals surface area (Å²) in [5.74, 6) is -0.398. The van der Waals surface area contributed by atoms with Crippen LogP contribution in [0.3, 0.4) is 0 Å². The third-order valence-corrected chi connectivity index (χ3v) is 6.08. The van der Waals surface area contributed by atoms with Crippen molar-refractivity contribution >= 4 is 40.2 Å². The predicted octanol–water partition coefficient (Wildman–Crippen LogP) is 4.63. The predicted molar refractivity (Wildman–Crippen MR) is 126 cm³/mol. The second kappa shape index (κ2) is 9.97. The molecule has 32 heavy (non-hydrogen) atoms. The number of nitrogens with zero attached hydrogens (tertiary/aromatic N) is 2. The van der Waals surface area contributed by atoms with Gasteiger partial charge in [0.25, 0.3) is 5.56 Å². The van der Waals surface area contributed by atoms with Crippen molar-refractivity contribution in [2.45, 2.75) is 11.6 Å². The standard InChI is InChI=1S/C24H19ClFN3O2S/c25-19-6-2-4-8-21(19)29-23(31)18-5-1-3-7-20(18)28-24(29)32-15-22(30)27-14-13-16-9-11-17(26)12-10-16/h1-12H,13-15H2,(H,27,30). The molecule has 8 heteroatoms. The van der Waals surface area contributed by atoms with Crippen molar-refractivity contribution in [3.63, 3.8) is 0 Å². The molecule has 0 radical (unpaired) electrons. The maximum absolute atomic E-state index is 13.2. The molecule has 0 bridgehead atoms. The van der Waals surface area contributed by atoms with Gasteiger partial charge in [-0.15, -0.1) is 0 Å². The number of rotatable bonds is 7. The molecule has 0 atom stereocenters. The van der Waals surface area contributed by atoms with E-state index in [9.17, 15) is 14.0 Å². The molecule has 1 N–H and O–H groups in total. The topological polar surface area (TPSA) is 64.0 Å². The zero-order chi connectivity index (χ0) is 22.5. The molecule has 3 aromatic carbocycles. The van der Waals surface area contributed by atoms with Crippen molar-refractivity contribution in [1.82, 2.24) is 14.9 Å². The lowest BCUT2D eigenvalue weighted by Gasteiger charge is -2.14. The van der Waals surface area contributed by atoms with Crippen LogP contribution in [0.4, 0.5) is 4.39 Å². The first-order chi connectivity index (χ1) is 15.5. The first-order valence-electron chi connectivity index (χ1n) is 9.93. The molecule has 1 heterocycles. The van der Waals surface area contributed by atoms with E-state index in [2.05, 4.69) is 10.3 Å². The van der Waals surface area contributed by atoms with Crippen LogP contribution in [-0.4, -0.2) is 27.8 Å². The Bertz CT molecular complexity index is 1330. The molecular formula is C24H19ClFN3O2S. The molecular weight excluding hydrogens is 449 g/mol. The van der Waals surface area contributed by atoms with Gasteiger partial charge in [-0.2, -0.15) is 0 Å². The molecule has 0 aliphatic heterocycles. The molecule has 4 aromatic rings. The zero-order valence-corrected chi connectivity index (χ0v) is 18.5. The van der Waals surface area contributed by atoms with Gasteiger partial charge >= 0.3 is 0 Å². The summed E-state index contributed by atoms with van der Waals surface area (Å²) in [6, 6.07) is 20.3. The van der Waals surface area contributed by atoms with Gasteiger partial charge in [-0.05, 0) is 48.4 Å². The van der Waals surface area contributed by atoms with Crippen LogP contribution < -0.4 is 10.9 Å². The highest BCUT2D eigenvalue weighted by molar-refractivity contribution is 7.99. The van der Waals surface area contributed by atoms with Crippen LogP contribution in [0.15, 0.2) is 82.7 Å². The Morgan fingerprint density at radius 1 is 1.03 bits per heavy atom. The lowest BCUT2D eigenvalue weighted by atomic mass is 10.1. The number of aromatic nitrogens is 2. The Morgan fingerprint density at radius 2 is 1.75 bits per heavy atom. The van der Waals surface area contributed by atoms with Crippen molar-refractivity contribution in [3.05, 3.63) is 99.6 Å². The number of nitrogens with one attached hydrogen (secondary N) is 1. The van der Waals surface area contributed by atoms with Gasteiger partial charge in [-0.1, -0.05) is 59.8 Å². The molecule has 5 nitrogen and oxygen atoms in total. The summed E-state index contributed by atoms with van der Waals surface area (Å²) in [6.07, 6.45) is 0.593. The van der Waals surface area contributed by atoms with Crippen LogP contribution in [0.25, 0.3) is 16.6 Å². The SMILES string of the molecule is O=C(CSc1nc2ccccc2c(=O)n1-c1ccccc1Cl)NCCc1ccc(F)cc1. The minimum atomic E-state index is -0.290. The second-order valence-corrected chi connectivity index (χ2v) is 8.37. The van der Waals surface area contributed by atoms with Gasteiger partial charge in [0.05, 0.1) is 27.4 Å². The van der Waals surface area contributed by atoms with E-state index in [1.54, 1.807) is 54.6 Å². The molecule has 4 rings (SSSR count). The number of thioether (sulfide) groups is 1. The van der Waals surface area contributed by atoms with Crippen molar-refractivity contribution in [1.29, 1.82) is 0 Å². The largest absolute Gasteiger partial charge is 0.355 e. The maximum Gasteiger partial charge on any atom is 0.266 e. The molecule has 0 aliphatic rings. The van der Waals surface area contributed by atoms with E-state index < -0.39 is 0 Å². The van der Waals surface area contributed by atoms with Gasteiger partial charge in [0.1, 0.15) is 5.82 Å². The molecule has 0 unspecified atom stereocenters. The molecule has 0 spiro atoms. The molecule has 1 aromatic heterocycles. The lowest BCUT2D eigenvalue weighted by Crippen LogP contribution is -2.28. The summed E-state index contributed by atoms with van der Waals surface area (Å²) in [5.41, 5.74) is 1.75. The number of hydrogen-bond donors (Lipinski definition) is 1. The van der Waals surface area contributed by atoms with E-state index in [4.69, 9.17) is 11.6 Å². The van der Waals surface area contributed by atoms with E-state index in [0.29, 0.717) is 39.7 Å². The molecule has 0 saturated heterocycles. The number of carbonyl (C=O) groups excluding carboxylic acids is 1. The fourth-order valence-electron chi connectivity index (χ4n) is 3.23. The Morgan fingerprint density at radius 3 is 2.53 bits per heavy atom. The highest BCUT2D eigenvalue weighted by Crippen LogP contribution is 2.25. The third-order valence-electron chi connectivity index (χ3n) is 4.82. The van der Waals surface area contributed by atoms with Gasteiger partial charge in [-0.3, -0.25) is 14.2 Å². The highest BCUT2D eigenvalue weighted by Gasteiger charge is 2.16. The normalized spacial score (nSPS) is 10.9. The number of para-hydroxylation sites is 2. The van der Waals surface area contributed by atoms with Crippen LogP contribution >= 0.6 is 23.4 Å². The summed E-state index contributed by atoms with van der Waals surface area (Å²) >= 11 is 7.52. The van der Waals surface area contributed by atoms with Gasteiger partial charge < -0.3 is 5.32 Å². The Labute approximate surface area is 193 Å². The molecule has 0 fully saturated rings. The smallest absolute Gasteiger partial charge is 0.266 e. The van der Waals surface area contributed by atoms with E-state index in [1.165, 1.54) is 28.5 Å². The first-order valence-corrected chi connectivity index (χ1v) is 11.3. The van der Waals surface area contributed by atoms with E-state index in [-0.39, 0.29) is 23.0 Å². The highest BCUT2D eigenvalue weighted by atomic mass is 35.5. The van der Waals surface area contributed by atoms with Crippen molar-refractivity contribution < 1.29 is 9.18 Å². The second-order valence-electron chi connectivity index (χ2n) is 7.02. The van der Waals surface area contributed by atoms with E-state index >= 15 is 0 Å². The summed E-state index contributed by atoms with van der Waals surface area (Å²) in [5, 5.41) is 4.12. The first kappa shape index (κ1) is 22.0. The summed E-state index contributed by atoms with van der Waals surface area (Å²) in [7, 11) is 0. The number of hydrogen-bond acceptors (Lipinski definition) is 4. The molecule has 162 valence electrons. The number of halogens is 2. The minimum absolute atomic E-state index is 0.0820. The minimum Gasteiger partial charge on any atom is -0.355 e. The van der Waals surface area contributed by atoms with Crippen LogP contribution in [0.1, 0.15) is 5.56 Å². The van der Waals surface area contributed by atoms with E-state index in [1.807, 2.05) is 6.07 Å². The molecule has 0 saturated carbocycles. The van der Waals surface area contributed by atoms with Crippen LogP contribution in [0.5, 0.6) is 0 Å². The number of carbonyl (C=O) groups is 1.